The zero-order chi connectivity index (χ0) is 33.0. The lowest BCUT2D eigenvalue weighted by atomic mass is 9.94. The molecule has 4 aliphatic heterocycles. The molecule has 0 saturated carbocycles. The monoisotopic (exact) mass is 655 g/mol. The first-order valence-corrected chi connectivity index (χ1v) is 16.7. The van der Waals surface area contributed by atoms with Crippen molar-refractivity contribution in [3.63, 3.8) is 0 Å². The van der Waals surface area contributed by atoms with Crippen LogP contribution in [-0.4, -0.2) is 97.5 Å². The van der Waals surface area contributed by atoms with Crippen LogP contribution in [-0.2, 0) is 29.0 Å². The van der Waals surface area contributed by atoms with Gasteiger partial charge < -0.3 is 25.0 Å². The molecule has 1 aromatic carbocycles. The Morgan fingerprint density at radius 2 is 2.04 bits per heavy atom. The molecule has 0 radical (unpaired) electrons. The van der Waals surface area contributed by atoms with Crippen molar-refractivity contribution in [2.45, 2.75) is 77.3 Å². The number of carbonyl (C=O) groups excluding carboxylic acids is 1. The van der Waals surface area contributed by atoms with E-state index in [4.69, 9.17) is 41.8 Å². The van der Waals surface area contributed by atoms with Crippen LogP contribution >= 0.6 is 11.6 Å². The third-order valence-corrected chi connectivity index (χ3v) is 9.71. The summed E-state index contributed by atoms with van der Waals surface area (Å²) in [4.78, 5) is 32.6. The normalized spacial score (nSPS) is 23.3. The Morgan fingerprint density at radius 1 is 1.24 bits per heavy atom. The Bertz CT molecular complexity index is 1470. The molecule has 0 aliphatic carbocycles. The van der Waals surface area contributed by atoms with Crippen molar-refractivity contribution in [1.29, 1.82) is 0 Å². The van der Waals surface area contributed by atoms with Crippen LogP contribution in [0.2, 0.25) is 5.02 Å². The van der Waals surface area contributed by atoms with Gasteiger partial charge in [0.2, 0.25) is 0 Å². The second kappa shape index (κ2) is 15.1. The van der Waals surface area contributed by atoms with Crippen LogP contribution in [0.3, 0.4) is 0 Å². The number of nitrogens with zero attached hydrogens (tertiary/aromatic N) is 6. The standard InChI is InChI=1S/C27H35ClN6O3.C7H12FN/c1-6-17-18(9-7-10-20(17)28)23-13-21-19(15-37-23)25(32-27(31-21)36-5)34-12-8-11-30-22(14-34)16(2)24(29)26(35)33(3)4;8-6-4-7-2-1-3-9(7)5-6/h7,9-10,23H,6,8,11-15,29H2,1-5H3;6-7H,1-5H2/b24-16-;. The van der Waals surface area contributed by atoms with Crippen molar-refractivity contribution in [1.82, 2.24) is 19.8 Å². The van der Waals surface area contributed by atoms with Crippen molar-refractivity contribution in [3.05, 3.63) is 56.9 Å². The second-order valence-corrected chi connectivity index (χ2v) is 13.0. The van der Waals surface area contributed by atoms with E-state index < -0.39 is 6.17 Å². The van der Waals surface area contributed by atoms with Gasteiger partial charge in [-0.15, -0.1) is 0 Å². The number of hydrogen-bond donors (Lipinski definition) is 1. The van der Waals surface area contributed by atoms with Gasteiger partial charge in [-0.3, -0.25) is 14.7 Å². The first-order valence-electron chi connectivity index (χ1n) is 16.3. The van der Waals surface area contributed by atoms with Crippen molar-refractivity contribution in [2.24, 2.45) is 10.7 Å². The zero-order valence-electron chi connectivity index (χ0n) is 27.7. The van der Waals surface area contributed by atoms with Crippen LogP contribution in [0.4, 0.5) is 10.2 Å². The lowest BCUT2D eigenvalue weighted by molar-refractivity contribution is -0.124. The van der Waals surface area contributed by atoms with E-state index in [-0.39, 0.29) is 17.7 Å². The highest BCUT2D eigenvalue weighted by atomic mass is 35.5. The second-order valence-electron chi connectivity index (χ2n) is 12.6. The summed E-state index contributed by atoms with van der Waals surface area (Å²) >= 11 is 6.48. The van der Waals surface area contributed by atoms with Gasteiger partial charge in [0.25, 0.3) is 5.91 Å². The van der Waals surface area contributed by atoms with Gasteiger partial charge in [-0.25, -0.2) is 4.39 Å². The van der Waals surface area contributed by atoms with Gasteiger partial charge in [0, 0.05) is 62.4 Å². The summed E-state index contributed by atoms with van der Waals surface area (Å²) in [5.41, 5.74) is 11.9. The van der Waals surface area contributed by atoms with E-state index in [1.807, 2.05) is 19.1 Å². The number of likely N-dealkylation sites (N-methyl/N-ethyl adjacent to an activating group) is 1. The molecule has 1 amide bonds. The predicted molar refractivity (Wildman–Crippen MR) is 179 cm³/mol. The predicted octanol–water partition coefficient (Wildman–Crippen LogP) is 4.68. The summed E-state index contributed by atoms with van der Waals surface area (Å²) in [5, 5.41) is 0.752. The summed E-state index contributed by atoms with van der Waals surface area (Å²) in [6.07, 6.45) is 4.91. The van der Waals surface area contributed by atoms with Crippen molar-refractivity contribution >= 4 is 29.0 Å². The molecule has 1 aromatic heterocycles. The van der Waals surface area contributed by atoms with E-state index in [1.165, 1.54) is 17.7 Å². The van der Waals surface area contributed by atoms with E-state index in [2.05, 4.69) is 22.8 Å². The Labute approximate surface area is 276 Å². The smallest absolute Gasteiger partial charge is 0.318 e. The number of benzene rings is 1. The largest absolute Gasteiger partial charge is 0.467 e. The molecule has 2 saturated heterocycles. The molecule has 2 N–H and O–H groups in total. The Morgan fingerprint density at radius 3 is 2.76 bits per heavy atom. The van der Waals surface area contributed by atoms with Crippen LogP contribution < -0.4 is 15.4 Å². The quantitative estimate of drug-likeness (QED) is 0.447. The summed E-state index contributed by atoms with van der Waals surface area (Å²) in [7, 11) is 4.94. The number of aliphatic imine (C=N–C) groups is 1. The van der Waals surface area contributed by atoms with E-state index in [1.54, 1.807) is 21.2 Å². The summed E-state index contributed by atoms with van der Waals surface area (Å²) in [6.45, 7) is 8.02. The van der Waals surface area contributed by atoms with Crippen molar-refractivity contribution < 1.29 is 18.7 Å². The third-order valence-electron chi connectivity index (χ3n) is 9.36. The number of rotatable bonds is 6. The van der Waals surface area contributed by atoms with E-state index in [0.29, 0.717) is 50.3 Å². The molecule has 12 heteroatoms. The molecule has 3 unspecified atom stereocenters. The highest BCUT2D eigenvalue weighted by Gasteiger charge is 2.35. The first-order chi connectivity index (χ1) is 22.1. The molecule has 46 heavy (non-hydrogen) atoms. The molecule has 10 nitrogen and oxygen atoms in total. The SMILES string of the molecule is CCc1c(Cl)cccc1C1Cc2nc(OC)nc(N3CCCN=C(/C(C)=C(\N)C(=O)N(C)C)C3)c2CO1.FC1CC2CCCN2C1. The molecule has 2 aromatic rings. The molecule has 0 spiro atoms. The fraction of sp³-hybridized carbons (Fsp3) is 0.588. The Hall–Kier alpha value is -3.28. The average molecular weight is 656 g/mol. The first kappa shape index (κ1) is 34.1. The molecular formula is C34H47ClFN7O3. The molecule has 0 bridgehead atoms. The maximum absolute atomic E-state index is 12.6. The van der Waals surface area contributed by atoms with Gasteiger partial charge in [-0.2, -0.15) is 9.97 Å². The molecule has 6 rings (SSSR count). The molecule has 4 aliphatic rings. The van der Waals surface area contributed by atoms with E-state index in [9.17, 15) is 9.18 Å². The number of aromatic nitrogens is 2. The number of amides is 1. The number of carbonyl (C=O) groups is 1. The number of alkyl halides is 1. The number of nitrogens with two attached hydrogens (primary N) is 1. The van der Waals surface area contributed by atoms with Crippen LogP contribution in [0.1, 0.15) is 68.0 Å². The number of hydrogen-bond acceptors (Lipinski definition) is 9. The van der Waals surface area contributed by atoms with Crippen molar-refractivity contribution in [2.75, 3.05) is 58.8 Å². The fourth-order valence-electron chi connectivity index (χ4n) is 6.82. The lowest BCUT2D eigenvalue weighted by Crippen LogP contribution is -2.35. The van der Waals surface area contributed by atoms with Crippen LogP contribution in [0.5, 0.6) is 6.01 Å². The van der Waals surface area contributed by atoms with Gasteiger partial charge >= 0.3 is 6.01 Å². The summed E-state index contributed by atoms with van der Waals surface area (Å²) in [5.74, 6) is 0.533. The summed E-state index contributed by atoms with van der Waals surface area (Å²) in [6, 6.07) is 6.87. The fourth-order valence-corrected chi connectivity index (χ4v) is 7.14. The number of ether oxygens (including phenoxy) is 2. The maximum atomic E-state index is 12.6. The average Bonchev–Trinajstić information content (AvgIpc) is 3.54. The molecule has 3 atom stereocenters. The molecule has 5 heterocycles. The van der Waals surface area contributed by atoms with E-state index >= 15 is 0 Å². The van der Waals surface area contributed by atoms with Gasteiger partial charge in [0.15, 0.2) is 0 Å². The number of fused-ring (bicyclic) bond motifs is 2. The van der Waals surface area contributed by atoms with Gasteiger partial charge in [-0.1, -0.05) is 30.7 Å². The topological polar surface area (TPSA) is 109 Å². The number of halogens is 2. The van der Waals surface area contributed by atoms with E-state index in [0.717, 1.165) is 71.3 Å². The van der Waals surface area contributed by atoms with Crippen LogP contribution in [0.15, 0.2) is 34.5 Å². The lowest BCUT2D eigenvalue weighted by Gasteiger charge is -2.31. The maximum Gasteiger partial charge on any atom is 0.318 e. The van der Waals surface area contributed by atoms with Crippen LogP contribution in [0, 0.1) is 0 Å². The summed E-state index contributed by atoms with van der Waals surface area (Å²) < 4.78 is 24.5. The molecular weight excluding hydrogens is 609 g/mol. The van der Waals surface area contributed by atoms with Gasteiger partial charge in [0.05, 0.1) is 37.8 Å². The molecule has 250 valence electrons. The Kier molecular flexibility index (Phi) is 11.2. The number of methoxy groups -OCH3 is 1. The minimum Gasteiger partial charge on any atom is -0.467 e. The van der Waals surface area contributed by atoms with Crippen molar-refractivity contribution in [3.8, 4) is 6.01 Å². The Balaban J connectivity index is 0.000000393. The highest BCUT2D eigenvalue weighted by Crippen LogP contribution is 2.38. The highest BCUT2D eigenvalue weighted by molar-refractivity contribution is 6.31. The van der Waals surface area contributed by atoms with Gasteiger partial charge in [0.1, 0.15) is 17.7 Å². The number of anilines is 1. The minimum atomic E-state index is -0.518. The van der Waals surface area contributed by atoms with Crippen LogP contribution in [0.25, 0.3) is 0 Å². The third kappa shape index (κ3) is 7.47. The van der Waals surface area contributed by atoms with Gasteiger partial charge in [-0.05, 0) is 62.8 Å². The zero-order valence-corrected chi connectivity index (χ0v) is 28.4. The molecule has 2 fully saturated rings. The minimum absolute atomic E-state index is 0.156.